The summed E-state index contributed by atoms with van der Waals surface area (Å²) in [5.41, 5.74) is 2.96. The molecule has 0 aliphatic rings. The van der Waals surface area contributed by atoms with Gasteiger partial charge in [-0.1, -0.05) is 38.1 Å². The number of benzene rings is 2. The van der Waals surface area contributed by atoms with E-state index in [1.54, 1.807) is 12.1 Å². The van der Waals surface area contributed by atoms with Gasteiger partial charge in [-0.3, -0.25) is 4.79 Å². The van der Waals surface area contributed by atoms with Crippen LogP contribution < -0.4 is 10.1 Å². The Hall–Kier alpha value is -2.89. The average Bonchev–Trinajstić information content (AvgIpc) is 2.66. The van der Waals surface area contributed by atoms with Gasteiger partial charge in [0.05, 0.1) is 0 Å². The Morgan fingerprint density at radius 2 is 1.79 bits per heavy atom. The van der Waals surface area contributed by atoms with Gasteiger partial charge in [-0.05, 0) is 54.2 Å². The van der Waals surface area contributed by atoms with E-state index in [0.717, 1.165) is 16.7 Å². The van der Waals surface area contributed by atoms with Gasteiger partial charge >= 0.3 is 5.97 Å². The first-order valence-corrected chi connectivity index (χ1v) is 9.25. The van der Waals surface area contributed by atoms with Crippen molar-refractivity contribution in [3.05, 3.63) is 65.0 Å². The number of aryl methyl sites for hydroxylation is 1. The molecule has 150 valence electrons. The number of carbonyl (C=O) groups is 2. The minimum Gasteiger partial charge on any atom is -0.482 e. The lowest BCUT2D eigenvalue weighted by Gasteiger charge is -2.14. The Kier molecular flexibility index (Phi) is 7.99. The monoisotopic (exact) mass is 387 g/mol. The number of carbonyl (C=O) groups excluding carboxylic acids is 2. The van der Waals surface area contributed by atoms with Gasteiger partial charge in [-0.25, -0.2) is 9.18 Å². The van der Waals surface area contributed by atoms with Gasteiger partial charge in [0.25, 0.3) is 5.91 Å². The summed E-state index contributed by atoms with van der Waals surface area (Å²) in [5.74, 6) is -0.388. The van der Waals surface area contributed by atoms with E-state index in [1.807, 2.05) is 39.0 Å². The maximum absolute atomic E-state index is 12.8. The highest BCUT2D eigenvalue weighted by atomic mass is 19.1. The number of amides is 1. The van der Waals surface area contributed by atoms with E-state index in [2.05, 4.69) is 5.32 Å². The van der Waals surface area contributed by atoms with E-state index < -0.39 is 11.9 Å². The van der Waals surface area contributed by atoms with Crippen molar-refractivity contribution in [3.8, 4) is 5.75 Å². The summed E-state index contributed by atoms with van der Waals surface area (Å²) >= 11 is 0. The summed E-state index contributed by atoms with van der Waals surface area (Å²) in [7, 11) is 0. The number of hydrogen-bond acceptors (Lipinski definition) is 4. The molecule has 0 radical (unpaired) electrons. The fraction of sp³-hybridized carbons (Fsp3) is 0.364. The Bertz CT molecular complexity index is 803. The van der Waals surface area contributed by atoms with Crippen LogP contribution in [-0.2, 0) is 20.7 Å². The second kappa shape index (κ2) is 10.4. The minimum atomic E-state index is -0.607. The fourth-order valence-electron chi connectivity index (χ4n) is 2.62. The first-order valence-electron chi connectivity index (χ1n) is 9.25. The molecule has 0 saturated heterocycles. The van der Waals surface area contributed by atoms with Crippen molar-refractivity contribution in [3.63, 3.8) is 0 Å². The zero-order valence-corrected chi connectivity index (χ0v) is 16.5. The van der Waals surface area contributed by atoms with E-state index in [-0.39, 0.29) is 24.9 Å². The quantitative estimate of drug-likeness (QED) is 0.669. The van der Waals surface area contributed by atoms with Gasteiger partial charge in [0.1, 0.15) is 11.6 Å². The predicted molar refractivity (Wildman–Crippen MR) is 105 cm³/mol. The van der Waals surface area contributed by atoms with Crippen molar-refractivity contribution < 1.29 is 23.5 Å². The Balaban J connectivity index is 1.70. The topological polar surface area (TPSA) is 64.6 Å². The van der Waals surface area contributed by atoms with Crippen molar-refractivity contribution in [2.75, 3.05) is 19.8 Å². The highest BCUT2D eigenvalue weighted by Crippen LogP contribution is 2.27. The van der Waals surface area contributed by atoms with Crippen molar-refractivity contribution in [1.29, 1.82) is 0 Å². The van der Waals surface area contributed by atoms with E-state index in [4.69, 9.17) is 9.47 Å². The van der Waals surface area contributed by atoms with E-state index >= 15 is 0 Å². The molecule has 0 atom stereocenters. The SMILES string of the molecule is Cc1ccc(C(C)C)c(OCC(=O)OCC(=O)NCCc2ccc(F)cc2)c1. The molecule has 0 saturated carbocycles. The van der Waals surface area contributed by atoms with Gasteiger partial charge < -0.3 is 14.8 Å². The fourth-order valence-corrected chi connectivity index (χ4v) is 2.62. The van der Waals surface area contributed by atoms with Gasteiger partial charge in [-0.2, -0.15) is 0 Å². The predicted octanol–water partition coefficient (Wildman–Crippen LogP) is 3.54. The number of nitrogens with one attached hydrogen (secondary N) is 1. The highest BCUT2D eigenvalue weighted by Gasteiger charge is 2.12. The average molecular weight is 387 g/mol. The molecule has 1 N–H and O–H groups in total. The maximum Gasteiger partial charge on any atom is 0.344 e. The lowest BCUT2D eigenvalue weighted by molar-refractivity contribution is -0.150. The van der Waals surface area contributed by atoms with Crippen LogP contribution in [0.4, 0.5) is 4.39 Å². The third kappa shape index (κ3) is 7.02. The van der Waals surface area contributed by atoms with Crippen LogP contribution in [0.3, 0.4) is 0 Å². The highest BCUT2D eigenvalue weighted by molar-refractivity contribution is 5.80. The van der Waals surface area contributed by atoms with Crippen LogP contribution in [0, 0.1) is 12.7 Å². The smallest absolute Gasteiger partial charge is 0.344 e. The van der Waals surface area contributed by atoms with Crippen LogP contribution in [0.5, 0.6) is 5.75 Å². The number of rotatable bonds is 9. The molecule has 0 aliphatic carbocycles. The van der Waals surface area contributed by atoms with Crippen molar-refractivity contribution in [2.24, 2.45) is 0 Å². The molecule has 0 heterocycles. The molecule has 2 aromatic carbocycles. The molecule has 0 spiro atoms. The van der Waals surface area contributed by atoms with E-state index in [9.17, 15) is 14.0 Å². The van der Waals surface area contributed by atoms with Crippen LogP contribution >= 0.6 is 0 Å². The van der Waals surface area contributed by atoms with Gasteiger partial charge in [0.15, 0.2) is 13.2 Å². The van der Waals surface area contributed by atoms with Crippen LogP contribution in [-0.4, -0.2) is 31.6 Å². The largest absolute Gasteiger partial charge is 0.482 e. The zero-order valence-electron chi connectivity index (χ0n) is 16.5. The first-order chi connectivity index (χ1) is 13.3. The zero-order chi connectivity index (χ0) is 20.5. The molecule has 2 aromatic rings. The second-order valence-corrected chi connectivity index (χ2v) is 6.87. The number of halogens is 1. The lowest BCUT2D eigenvalue weighted by Crippen LogP contribution is -2.31. The summed E-state index contributed by atoms with van der Waals surface area (Å²) in [6, 6.07) is 11.9. The van der Waals surface area contributed by atoms with Crippen LogP contribution in [0.25, 0.3) is 0 Å². The summed E-state index contributed by atoms with van der Waals surface area (Å²) < 4.78 is 23.4. The van der Waals surface area contributed by atoms with E-state index in [1.165, 1.54) is 12.1 Å². The van der Waals surface area contributed by atoms with Crippen molar-refractivity contribution in [2.45, 2.75) is 33.1 Å². The van der Waals surface area contributed by atoms with Gasteiger partial charge in [0, 0.05) is 6.54 Å². The maximum atomic E-state index is 12.8. The number of ether oxygens (including phenoxy) is 2. The van der Waals surface area contributed by atoms with Crippen molar-refractivity contribution >= 4 is 11.9 Å². The molecular formula is C22H26FNO4. The third-order valence-electron chi connectivity index (χ3n) is 4.15. The lowest BCUT2D eigenvalue weighted by atomic mass is 10.0. The van der Waals surface area contributed by atoms with Gasteiger partial charge in [0.2, 0.25) is 0 Å². The normalized spacial score (nSPS) is 10.6. The molecule has 28 heavy (non-hydrogen) atoms. The Morgan fingerprint density at radius 3 is 2.46 bits per heavy atom. The third-order valence-corrected chi connectivity index (χ3v) is 4.15. The molecule has 0 aliphatic heterocycles. The summed E-state index contributed by atoms with van der Waals surface area (Å²) in [6.45, 7) is 5.80. The standard InChI is InChI=1S/C22H26FNO4/c1-15(2)19-9-4-16(3)12-20(19)27-14-22(26)28-13-21(25)24-11-10-17-5-7-18(23)8-6-17/h4-9,12,15H,10-11,13-14H2,1-3H3,(H,24,25). The van der Waals surface area contributed by atoms with Crippen molar-refractivity contribution in [1.82, 2.24) is 5.32 Å². The molecular weight excluding hydrogens is 361 g/mol. The molecule has 5 nitrogen and oxygen atoms in total. The minimum absolute atomic E-state index is 0.258. The molecule has 1 amide bonds. The van der Waals surface area contributed by atoms with Crippen LogP contribution in [0.2, 0.25) is 0 Å². The molecule has 0 aromatic heterocycles. The molecule has 2 rings (SSSR count). The molecule has 0 fully saturated rings. The molecule has 0 unspecified atom stereocenters. The summed E-state index contributed by atoms with van der Waals surface area (Å²) in [6.07, 6.45) is 0.564. The second-order valence-electron chi connectivity index (χ2n) is 6.87. The summed E-state index contributed by atoms with van der Waals surface area (Å²) in [4.78, 5) is 23.6. The number of esters is 1. The first kappa shape index (κ1) is 21.4. The van der Waals surface area contributed by atoms with E-state index in [0.29, 0.717) is 18.7 Å². The van der Waals surface area contributed by atoms with Gasteiger partial charge in [-0.15, -0.1) is 0 Å². The van der Waals surface area contributed by atoms with Crippen LogP contribution in [0.15, 0.2) is 42.5 Å². The molecule has 0 bridgehead atoms. The summed E-state index contributed by atoms with van der Waals surface area (Å²) in [5, 5.41) is 2.66. The Morgan fingerprint density at radius 1 is 1.07 bits per heavy atom. The van der Waals surface area contributed by atoms with Crippen LogP contribution in [0.1, 0.15) is 36.5 Å². The number of hydrogen-bond donors (Lipinski definition) is 1. The molecule has 6 heteroatoms. The Labute approximate surface area is 164 Å².